The number of alkyl halides is 2. The van der Waals surface area contributed by atoms with Gasteiger partial charge in [0, 0.05) is 12.6 Å². The molecule has 1 aromatic rings. The summed E-state index contributed by atoms with van der Waals surface area (Å²) >= 11 is 0. The molecule has 0 heterocycles. The minimum atomic E-state index is -5.72. The average molecular weight is 412 g/mol. The third-order valence-electron chi connectivity index (χ3n) is 2.92. The highest BCUT2D eigenvalue weighted by Gasteiger charge is 2.45. The van der Waals surface area contributed by atoms with Gasteiger partial charge in [-0.25, -0.2) is 4.79 Å². The Hall–Kier alpha value is -2.87. The number of alkyl carbamates (subject to hydrolysis) is 1. The molecule has 0 unspecified atom stereocenters. The normalized spacial score (nSPS) is 11.5. The van der Waals surface area contributed by atoms with Crippen LogP contribution in [0, 0.1) is 10.1 Å². The van der Waals surface area contributed by atoms with Crippen molar-refractivity contribution >= 4 is 27.9 Å². The molecule has 14 heteroatoms. The molecule has 0 saturated carbocycles. The number of para-hydroxylation sites is 1. The minimum Gasteiger partial charge on any atom is -0.458 e. The van der Waals surface area contributed by atoms with Crippen molar-refractivity contribution in [1.29, 1.82) is 0 Å². The largest absolute Gasteiger partial charge is 0.458 e. The number of benzene rings is 1. The van der Waals surface area contributed by atoms with Crippen LogP contribution in [0.25, 0.3) is 0 Å². The fourth-order valence-corrected chi connectivity index (χ4v) is 1.79. The summed E-state index contributed by atoms with van der Waals surface area (Å²) < 4.78 is 63.3. The Bertz CT molecular complexity index is 814. The van der Waals surface area contributed by atoms with Gasteiger partial charge in [0.1, 0.15) is 6.61 Å². The number of carbonyl (C=O) groups excluding carboxylic acids is 2. The Morgan fingerprint density at radius 1 is 1.26 bits per heavy atom. The number of hydrogen-bond acceptors (Lipinski definition) is 8. The smallest absolute Gasteiger partial charge is 0.407 e. The van der Waals surface area contributed by atoms with Crippen molar-refractivity contribution in [3.63, 3.8) is 0 Å². The molecule has 150 valence electrons. The third-order valence-corrected chi connectivity index (χ3v) is 3.80. The maximum atomic E-state index is 12.8. The molecule has 0 fully saturated rings. The van der Waals surface area contributed by atoms with E-state index in [0.717, 1.165) is 0 Å². The molecule has 0 saturated heterocycles. The highest BCUT2D eigenvalue weighted by atomic mass is 32.2. The zero-order valence-electron chi connectivity index (χ0n) is 13.5. The maximum absolute atomic E-state index is 12.8. The highest BCUT2D eigenvalue weighted by molar-refractivity contribution is 7.86. The Balaban J connectivity index is 2.35. The molecule has 0 aliphatic heterocycles. The molecule has 0 radical (unpaired) electrons. The van der Waals surface area contributed by atoms with Gasteiger partial charge in [0.2, 0.25) is 0 Å². The van der Waals surface area contributed by atoms with Gasteiger partial charge in [0.25, 0.3) is 5.69 Å². The van der Waals surface area contributed by atoms with E-state index in [1.165, 1.54) is 24.3 Å². The topological polar surface area (TPSA) is 162 Å². The van der Waals surface area contributed by atoms with Crippen molar-refractivity contribution in [2.24, 2.45) is 0 Å². The fraction of sp³-hybridized carbons (Fsp3) is 0.385. The Labute approximate surface area is 151 Å². The van der Waals surface area contributed by atoms with Gasteiger partial charge in [0.15, 0.2) is 6.61 Å². The number of amides is 1. The standard InChI is InChI=1S/C13H14F2N2O9S/c14-13(15,27(22,23)24)8-26-11(18)5-6-16-12(19)25-7-9-3-1-2-4-10(9)17(20)21/h1-4H,5-8H2,(H,16,19)(H,22,23,24). The quantitative estimate of drug-likeness (QED) is 0.263. The monoisotopic (exact) mass is 412 g/mol. The van der Waals surface area contributed by atoms with Gasteiger partial charge < -0.3 is 14.8 Å². The number of nitrogens with zero attached hydrogens (tertiary/aromatic N) is 1. The van der Waals surface area contributed by atoms with E-state index < -0.39 is 58.5 Å². The van der Waals surface area contributed by atoms with Crippen LogP contribution in [-0.2, 0) is 31.0 Å². The molecule has 27 heavy (non-hydrogen) atoms. The van der Waals surface area contributed by atoms with E-state index in [1.807, 2.05) is 0 Å². The summed E-state index contributed by atoms with van der Waals surface area (Å²) in [4.78, 5) is 32.8. The van der Waals surface area contributed by atoms with Gasteiger partial charge in [-0.15, -0.1) is 0 Å². The van der Waals surface area contributed by atoms with E-state index in [2.05, 4.69) is 10.1 Å². The van der Waals surface area contributed by atoms with Crippen LogP contribution in [0.2, 0.25) is 0 Å². The highest BCUT2D eigenvalue weighted by Crippen LogP contribution is 2.20. The second kappa shape index (κ2) is 9.18. The summed E-state index contributed by atoms with van der Waals surface area (Å²) in [6.45, 7) is -2.70. The van der Waals surface area contributed by atoms with Crippen LogP contribution in [0.4, 0.5) is 19.3 Å². The third kappa shape index (κ3) is 7.10. The van der Waals surface area contributed by atoms with Gasteiger partial charge in [-0.2, -0.15) is 17.2 Å². The summed E-state index contributed by atoms with van der Waals surface area (Å²) in [5.74, 6) is -1.27. The molecule has 11 nitrogen and oxygen atoms in total. The number of hydrogen-bond donors (Lipinski definition) is 2. The predicted octanol–water partition coefficient (Wildman–Crippen LogP) is 1.23. The van der Waals surface area contributed by atoms with E-state index in [-0.39, 0.29) is 11.3 Å². The summed E-state index contributed by atoms with van der Waals surface area (Å²) in [7, 11) is -5.72. The predicted molar refractivity (Wildman–Crippen MR) is 83.4 cm³/mol. The molecule has 1 rings (SSSR count). The number of nitro groups is 1. The van der Waals surface area contributed by atoms with Gasteiger partial charge in [-0.05, 0) is 6.07 Å². The van der Waals surface area contributed by atoms with E-state index in [1.54, 1.807) is 0 Å². The average Bonchev–Trinajstić information content (AvgIpc) is 2.57. The lowest BCUT2D eigenvalue weighted by atomic mass is 10.2. The lowest BCUT2D eigenvalue weighted by Crippen LogP contribution is -2.35. The summed E-state index contributed by atoms with van der Waals surface area (Å²) in [5, 5.41) is 8.22. The van der Waals surface area contributed by atoms with Crippen molar-refractivity contribution in [2.45, 2.75) is 18.3 Å². The first-order valence-corrected chi connectivity index (χ1v) is 8.51. The zero-order valence-corrected chi connectivity index (χ0v) is 14.3. The SMILES string of the molecule is O=C(CCNC(=O)OCc1ccccc1[N+](=O)[O-])OCC(F)(F)S(=O)(=O)O. The summed E-state index contributed by atoms with van der Waals surface area (Å²) in [6.07, 6.45) is -1.63. The second-order valence-corrected chi connectivity index (χ2v) is 6.46. The van der Waals surface area contributed by atoms with Crippen molar-refractivity contribution in [3.8, 4) is 0 Å². The molecule has 0 atom stereocenters. The van der Waals surface area contributed by atoms with Crippen molar-refractivity contribution in [2.75, 3.05) is 13.2 Å². The van der Waals surface area contributed by atoms with Gasteiger partial charge in [0.05, 0.1) is 16.9 Å². The molecule has 1 amide bonds. The van der Waals surface area contributed by atoms with Crippen LogP contribution in [-0.4, -0.2) is 48.4 Å². The minimum absolute atomic E-state index is 0.129. The second-order valence-electron chi connectivity index (χ2n) is 4.91. The molecular formula is C13H14F2N2O9S. The van der Waals surface area contributed by atoms with Crippen molar-refractivity contribution in [3.05, 3.63) is 39.9 Å². The molecule has 0 aliphatic rings. The number of rotatable bonds is 9. The van der Waals surface area contributed by atoms with Crippen LogP contribution in [0.1, 0.15) is 12.0 Å². The van der Waals surface area contributed by atoms with Crippen LogP contribution in [0.15, 0.2) is 24.3 Å². The number of ether oxygens (including phenoxy) is 2. The van der Waals surface area contributed by atoms with Crippen LogP contribution in [0.3, 0.4) is 0 Å². The lowest BCUT2D eigenvalue weighted by molar-refractivity contribution is -0.385. The van der Waals surface area contributed by atoms with Crippen LogP contribution < -0.4 is 5.32 Å². The number of esters is 1. The molecular weight excluding hydrogens is 398 g/mol. The first-order valence-electron chi connectivity index (χ1n) is 7.07. The fourth-order valence-electron chi connectivity index (χ4n) is 1.58. The van der Waals surface area contributed by atoms with Crippen molar-refractivity contribution < 1.29 is 45.7 Å². The van der Waals surface area contributed by atoms with E-state index in [0.29, 0.717) is 0 Å². The van der Waals surface area contributed by atoms with Gasteiger partial charge in [-0.1, -0.05) is 12.1 Å². The summed E-state index contributed by atoms with van der Waals surface area (Å²) in [5.41, 5.74) is -0.127. The molecule has 2 N–H and O–H groups in total. The molecule has 0 bridgehead atoms. The number of halogens is 2. The number of nitrogens with one attached hydrogen (secondary N) is 1. The molecule has 1 aromatic carbocycles. The Kier molecular flexibility index (Phi) is 7.54. The van der Waals surface area contributed by atoms with Crippen LogP contribution >= 0.6 is 0 Å². The molecule has 0 aliphatic carbocycles. The lowest BCUT2D eigenvalue weighted by Gasteiger charge is -2.13. The first kappa shape index (κ1) is 22.2. The van der Waals surface area contributed by atoms with Crippen LogP contribution in [0.5, 0.6) is 0 Å². The maximum Gasteiger partial charge on any atom is 0.407 e. The van der Waals surface area contributed by atoms with Crippen molar-refractivity contribution in [1.82, 2.24) is 5.32 Å². The van der Waals surface area contributed by atoms with E-state index in [4.69, 9.17) is 9.29 Å². The van der Waals surface area contributed by atoms with E-state index in [9.17, 15) is 36.9 Å². The number of carbonyl (C=O) groups is 2. The number of nitro benzene ring substituents is 1. The summed E-state index contributed by atoms with van der Waals surface area (Å²) in [6, 6.07) is 5.52. The van der Waals surface area contributed by atoms with Gasteiger partial charge >= 0.3 is 27.4 Å². The van der Waals surface area contributed by atoms with E-state index >= 15 is 0 Å². The molecule has 0 aromatic heterocycles. The zero-order chi connectivity index (χ0) is 20.7. The van der Waals surface area contributed by atoms with Gasteiger partial charge in [-0.3, -0.25) is 19.5 Å². The molecule has 0 spiro atoms. The Morgan fingerprint density at radius 3 is 2.48 bits per heavy atom. The Morgan fingerprint density at radius 2 is 1.89 bits per heavy atom. The first-order chi connectivity index (χ1) is 12.4.